The van der Waals surface area contributed by atoms with Crippen LogP contribution in [-0.2, 0) is 12.8 Å². The van der Waals surface area contributed by atoms with Crippen LogP contribution in [0.5, 0.6) is 0 Å². The van der Waals surface area contributed by atoms with Crippen molar-refractivity contribution >= 4 is 17.5 Å². The zero-order valence-corrected chi connectivity index (χ0v) is 10.3. The number of nitrogens with zero attached hydrogens (tertiary/aromatic N) is 3. The number of rotatable bonds is 3. The molecule has 0 bridgehead atoms. The number of aromatic nitrogens is 3. The molecule has 0 spiro atoms. The quantitative estimate of drug-likeness (QED) is 0.905. The Labute approximate surface area is 105 Å². The molecule has 4 nitrogen and oxygen atoms in total. The summed E-state index contributed by atoms with van der Waals surface area (Å²) in [6.45, 7) is 1.80. The lowest BCUT2D eigenvalue weighted by atomic mass is 10.1. The number of hydrogen-bond acceptors (Lipinski definition) is 4. The third-order valence-corrected chi connectivity index (χ3v) is 2.76. The summed E-state index contributed by atoms with van der Waals surface area (Å²) in [4.78, 5) is 12.3. The largest absolute Gasteiger partial charge is 0.368 e. The third kappa shape index (κ3) is 3.14. The van der Waals surface area contributed by atoms with Gasteiger partial charge in [0.15, 0.2) is 0 Å². The van der Waals surface area contributed by atoms with E-state index in [2.05, 4.69) is 15.0 Å². The Bertz CT molecular complexity index is 507. The normalized spacial score (nSPS) is 10.5. The molecule has 1 aromatic heterocycles. The van der Waals surface area contributed by atoms with Crippen LogP contribution in [0.15, 0.2) is 24.3 Å². The number of nitrogen functional groups attached to an aromatic ring is 1. The fourth-order valence-corrected chi connectivity index (χ4v) is 1.85. The van der Waals surface area contributed by atoms with Crippen molar-refractivity contribution in [3.63, 3.8) is 0 Å². The maximum atomic E-state index is 6.08. The van der Waals surface area contributed by atoms with Gasteiger partial charge in [-0.05, 0) is 25.0 Å². The van der Waals surface area contributed by atoms with Gasteiger partial charge in [0.05, 0.1) is 0 Å². The van der Waals surface area contributed by atoms with Crippen LogP contribution < -0.4 is 5.73 Å². The summed E-state index contributed by atoms with van der Waals surface area (Å²) < 4.78 is 0. The van der Waals surface area contributed by atoms with E-state index in [1.54, 1.807) is 6.92 Å². The molecule has 0 saturated heterocycles. The molecule has 1 heterocycles. The van der Waals surface area contributed by atoms with Crippen molar-refractivity contribution in [2.45, 2.75) is 19.8 Å². The summed E-state index contributed by atoms with van der Waals surface area (Å²) in [5, 5.41) is 0.770. The second kappa shape index (κ2) is 5.10. The van der Waals surface area contributed by atoms with E-state index in [4.69, 9.17) is 17.3 Å². The summed E-state index contributed by atoms with van der Waals surface area (Å²) in [5.74, 6) is 1.62. The lowest BCUT2D eigenvalue weighted by Gasteiger charge is -2.04. The minimum absolute atomic E-state index is 0.270. The van der Waals surface area contributed by atoms with Crippen LogP contribution in [0.25, 0.3) is 0 Å². The third-order valence-electron chi connectivity index (χ3n) is 2.39. The first-order valence-electron chi connectivity index (χ1n) is 5.35. The Morgan fingerprint density at radius 2 is 1.88 bits per heavy atom. The van der Waals surface area contributed by atoms with Crippen molar-refractivity contribution in [3.05, 3.63) is 46.5 Å². The van der Waals surface area contributed by atoms with Gasteiger partial charge in [-0.3, -0.25) is 0 Å². The molecule has 0 aliphatic heterocycles. The lowest BCUT2D eigenvalue weighted by molar-refractivity contribution is 0.822. The number of aryl methyl sites for hydroxylation is 3. The van der Waals surface area contributed by atoms with Crippen LogP contribution in [-0.4, -0.2) is 15.0 Å². The first-order chi connectivity index (χ1) is 8.15. The molecular weight excluding hydrogens is 236 g/mol. The van der Waals surface area contributed by atoms with Crippen molar-refractivity contribution in [3.8, 4) is 0 Å². The molecule has 0 radical (unpaired) electrons. The number of nitrogens with two attached hydrogens (primary N) is 1. The second-order valence-corrected chi connectivity index (χ2v) is 4.16. The van der Waals surface area contributed by atoms with Crippen LogP contribution in [0.1, 0.15) is 17.2 Å². The smallest absolute Gasteiger partial charge is 0.223 e. The molecule has 0 amide bonds. The summed E-state index contributed by atoms with van der Waals surface area (Å²) in [6.07, 6.45) is 1.50. The number of halogens is 1. The first-order valence-corrected chi connectivity index (χ1v) is 5.73. The number of anilines is 1. The van der Waals surface area contributed by atoms with Crippen LogP contribution in [0, 0.1) is 6.92 Å². The molecule has 2 aromatic rings. The molecule has 2 N–H and O–H groups in total. The zero-order chi connectivity index (χ0) is 12.3. The Kier molecular flexibility index (Phi) is 3.54. The van der Waals surface area contributed by atoms with Crippen LogP contribution >= 0.6 is 11.6 Å². The summed E-state index contributed by atoms with van der Waals surface area (Å²) in [6, 6.07) is 7.76. The molecule has 0 aliphatic carbocycles. The minimum atomic E-state index is 0.270. The summed E-state index contributed by atoms with van der Waals surface area (Å²) in [7, 11) is 0. The topological polar surface area (TPSA) is 64.7 Å². The van der Waals surface area contributed by atoms with Crippen LogP contribution in [0.2, 0.25) is 5.02 Å². The summed E-state index contributed by atoms with van der Waals surface area (Å²) in [5.41, 5.74) is 6.66. The van der Waals surface area contributed by atoms with Crippen molar-refractivity contribution in [1.82, 2.24) is 15.0 Å². The van der Waals surface area contributed by atoms with Crippen LogP contribution in [0.4, 0.5) is 5.95 Å². The molecule has 5 heteroatoms. The van der Waals surface area contributed by atoms with E-state index in [0.717, 1.165) is 17.0 Å². The van der Waals surface area contributed by atoms with Gasteiger partial charge in [-0.2, -0.15) is 9.97 Å². The second-order valence-electron chi connectivity index (χ2n) is 3.75. The van der Waals surface area contributed by atoms with Gasteiger partial charge in [-0.25, -0.2) is 4.98 Å². The van der Waals surface area contributed by atoms with E-state index in [0.29, 0.717) is 18.1 Å². The highest BCUT2D eigenvalue weighted by Crippen LogP contribution is 2.16. The Morgan fingerprint density at radius 1 is 1.12 bits per heavy atom. The number of hydrogen-bond donors (Lipinski definition) is 1. The van der Waals surface area contributed by atoms with Gasteiger partial charge in [-0.15, -0.1) is 0 Å². The molecule has 0 atom stereocenters. The summed E-state index contributed by atoms with van der Waals surface area (Å²) >= 11 is 6.08. The van der Waals surface area contributed by atoms with Crippen LogP contribution in [0.3, 0.4) is 0 Å². The Hall–Kier alpha value is -1.68. The minimum Gasteiger partial charge on any atom is -0.368 e. The van der Waals surface area contributed by atoms with Gasteiger partial charge in [-0.1, -0.05) is 29.8 Å². The van der Waals surface area contributed by atoms with E-state index in [9.17, 15) is 0 Å². The average Bonchev–Trinajstić information content (AvgIpc) is 2.27. The highest BCUT2D eigenvalue weighted by Gasteiger charge is 2.04. The maximum absolute atomic E-state index is 6.08. The Morgan fingerprint density at radius 3 is 2.59 bits per heavy atom. The van der Waals surface area contributed by atoms with E-state index < -0.39 is 0 Å². The lowest BCUT2D eigenvalue weighted by Crippen LogP contribution is -2.06. The fourth-order valence-electron chi connectivity index (χ4n) is 1.62. The molecule has 88 valence electrons. The van der Waals surface area contributed by atoms with Crippen molar-refractivity contribution in [1.29, 1.82) is 0 Å². The van der Waals surface area contributed by atoms with Crippen molar-refractivity contribution < 1.29 is 0 Å². The van der Waals surface area contributed by atoms with Gasteiger partial charge < -0.3 is 5.73 Å². The SMILES string of the molecule is Cc1nc(N)nc(CCc2ccccc2Cl)n1. The molecule has 2 rings (SSSR count). The highest BCUT2D eigenvalue weighted by molar-refractivity contribution is 6.31. The molecule has 0 saturated carbocycles. The highest BCUT2D eigenvalue weighted by atomic mass is 35.5. The maximum Gasteiger partial charge on any atom is 0.223 e. The van der Waals surface area contributed by atoms with E-state index >= 15 is 0 Å². The molecule has 0 aliphatic rings. The van der Waals surface area contributed by atoms with Crippen molar-refractivity contribution in [2.24, 2.45) is 0 Å². The zero-order valence-electron chi connectivity index (χ0n) is 9.52. The van der Waals surface area contributed by atoms with Gasteiger partial charge in [0.25, 0.3) is 0 Å². The van der Waals surface area contributed by atoms with Gasteiger partial charge in [0.1, 0.15) is 11.6 Å². The van der Waals surface area contributed by atoms with E-state index in [-0.39, 0.29) is 5.95 Å². The Balaban J connectivity index is 2.10. The van der Waals surface area contributed by atoms with E-state index in [1.807, 2.05) is 24.3 Å². The van der Waals surface area contributed by atoms with Gasteiger partial charge in [0, 0.05) is 11.4 Å². The standard InChI is InChI=1S/C12H13ClN4/c1-8-15-11(17-12(14)16-8)7-6-9-4-2-3-5-10(9)13/h2-5H,6-7H2,1H3,(H2,14,15,16,17). The number of benzene rings is 1. The van der Waals surface area contributed by atoms with Crippen molar-refractivity contribution in [2.75, 3.05) is 5.73 Å². The molecule has 0 unspecified atom stereocenters. The molecular formula is C12H13ClN4. The molecule has 1 aromatic carbocycles. The fraction of sp³-hybridized carbons (Fsp3) is 0.250. The first kappa shape index (κ1) is 11.8. The average molecular weight is 249 g/mol. The molecule has 0 fully saturated rings. The van der Waals surface area contributed by atoms with Gasteiger partial charge >= 0.3 is 0 Å². The predicted molar refractivity (Wildman–Crippen MR) is 67.8 cm³/mol. The molecule has 17 heavy (non-hydrogen) atoms. The predicted octanol–water partition coefficient (Wildman–Crippen LogP) is 2.20. The van der Waals surface area contributed by atoms with Gasteiger partial charge in [0.2, 0.25) is 5.95 Å². The van der Waals surface area contributed by atoms with E-state index in [1.165, 1.54) is 0 Å². The monoisotopic (exact) mass is 248 g/mol.